The van der Waals surface area contributed by atoms with Gasteiger partial charge in [-0.3, -0.25) is 9.78 Å². The van der Waals surface area contributed by atoms with Crippen molar-refractivity contribution in [2.75, 3.05) is 13.7 Å². The molecule has 1 fully saturated rings. The number of aromatic nitrogens is 4. The lowest BCUT2D eigenvalue weighted by molar-refractivity contribution is 0.0733. The van der Waals surface area contributed by atoms with Crippen molar-refractivity contribution >= 4 is 16.9 Å². The van der Waals surface area contributed by atoms with Crippen LogP contribution in [0.15, 0.2) is 79.1 Å². The van der Waals surface area contributed by atoms with Crippen molar-refractivity contribution in [3.63, 3.8) is 0 Å². The number of phenols is 1. The van der Waals surface area contributed by atoms with Gasteiger partial charge >= 0.3 is 0 Å². The Labute approximate surface area is 213 Å². The van der Waals surface area contributed by atoms with Gasteiger partial charge in [-0.15, -0.1) is 0 Å². The highest BCUT2D eigenvalue weighted by Crippen LogP contribution is 2.36. The molecule has 0 bridgehead atoms. The van der Waals surface area contributed by atoms with Gasteiger partial charge in [0.15, 0.2) is 0 Å². The molecule has 0 aliphatic carbocycles. The molecule has 5 aromatic rings. The Balaban J connectivity index is 1.33. The minimum absolute atomic E-state index is 0.0247. The number of methoxy groups -OCH3 is 1. The molecule has 37 heavy (non-hydrogen) atoms. The summed E-state index contributed by atoms with van der Waals surface area (Å²) in [6.07, 6.45) is 5.28. The number of hydrogen-bond acceptors (Lipinski definition) is 6. The van der Waals surface area contributed by atoms with Crippen molar-refractivity contribution < 1.29 is 14.6 Å². The summed E-state index contributed by atoms with van der Waals surface area (Å²) >= 11 is 0. The van der Waals surface area contributed by atoms with E-state index in [1.807, 2.05) is 59.5 Å². The molecule has 6 rings (SSSR count). The number of nitrogens with one attached hydrogen (secondary N) is 1. The van der Waals surface area contributed by atoms with Gasteiger partial charge in [-0.25, -0.2) is 9.97 Å². The fourth-order valence-electron chi connectivity index (χ4n) is 4.99. The average Bonchev–Trinajstić information content (AvgIpc) is 3.60. The van der Waals surface area contributed by atoms with Crippen molar-refractivity contribution in [3.05, 3.63) is 90.4 Å². The molecule has 1 unspecified atom stereocenters. The predicted octanol–water partition coefficient (Wildman–Crippen LogP) is 5.38. The van der Waals surface area contributed by atoms with Gasteiger partial charge < -0.3 is 19.7 Å². The summed E-state index contributed by atoms with van der Waals surface area (Å²) < 4.78 is 5.40. The van der Waals surface area contributed by atoms with Crippen molar-refractivity contribution in [2.24, 2.45) is 0 Å². The number of imidazole rings is 1. The van der Waals surface area contributed by atoms with E-state index in [-0.39, 0.29) is 17.7 Å². The van der Waals surface area contributed by atoms with Gasteiger partial charge in [0, 0.05) is 30.1 Å². The van der Waals surface area contributed by atoms with Crippen LogP contribution in [-0.2, 0) is 0 Å². The number of carbonyl (C=O) groups excluding carboxylic acids is 1. The third-order valence-electron chi connectivity index (χ3n) is 6.80. The van der Waals surface area contributed by atoms with Gasteiger partial charge in [-0.2, -0.15) is 0 Å². The molecule has 4 heterocycles. The fraction of sp³-hybridized carbons (Fsp3) is 0.172. The number of aromatic hydroxyl groups is 1. The third-order valence-corrected chi connectivity index (χ3v) is 6.80. The number of carbonyl (C=O) groups is 1. The SMILES string of the molecule is COc1ncccc1-c1ccc(O)c(-c2nc3cc(C(=O)N4CCCC4c4ccccn4)ccc3[nH]2)c1. The van der Waals surface area contributed by atoms with Crippen LogP contribution in [0.1, 0.15) is 34.9 Å². The molecule has 0 spiro atoms. The lowest BCUT2D eigenvalue weighted by Gasteiger charge is -2.24. The highest BCUT2D eigenvalue weighted by atomic mass is 16.5. The number of rotatable bonds is 5. The van der Waals surface area contributed by atoms with E-state index in [1.165, 1.54) is 0 Å². The summed E-state index contributed by atoms with van der Waals surface area (Å²) in [5, 5.41) is 10.6. The van der Waals surface area contributed by atoms with Crippen LogP contribution >= 0.6 is 0 Å². The van der Waals surface area contributed by atoms with Gasteiger partial charge in [0.2, 0.25) is 5.88 Å². The van der Waals surface area contributed by atoms with Crippen LogP contribution < -0.4 is 4.74 Å². The van der Waals surface area contributed by atoms with Crippen LogP contribution in [0.2, 0.25) is 0 Å². The first-order valence-corrected chi connectivity index (χ1v) is 12.2. The number of nitrogens with zero attached hydrogens (tertiary/aromatic N) is 4. The minimum Gasteiger partial charge on any atom is -0.507 e. The topological polar surface area (TPSA) is 104 Å². The van der Waals surface area contributed by atoms with Crippen molar-refractivity contribution in [3.8, 4) is 34.1 Å². The van der Waals surface area contributed by atoms with E-state index in [1.54, 1.807) is 31.6 Å². The van der Waals surface area contributed by atoms with Gasteiger partial charge in [0.1, 0.15) is 11.6 Å². The Morgan fingerprint density at radius 3 is 2.76 bits per heavy atom. The van der Waals surface area contributed by atoms with Crippen LogP contribution in [0.3, 0.4) is 0 Å². The normalized spacial score (nSPS) is 15.3. The number of pyridine rings is 2. The molecular weight excluding hydrogens is 466 g/mol. The average molecular weight is 492 g/mol. The number of ether oxygens (including phenoxy) is 1. The number of phenolic OH excluding ortho intramolecular Hbond substituents is 1. The Morgan fingerprint density at radius 2 is 1.92 bits per heavy atom. The molecule has 1 aliphatic rings. The monoisotopic (exact) mass is 491 g/mol. The zero-order chi connectivity index (χ0) is 25.4. The number of aromatic amines is 1. The molecule has 184 valence electrons. The maximum atomic E-state index is 13.5. The van der Waals surface area contributed by atoms with Gasteiger partial charge in [0.05, 0.1) is 35.4 Å². The smallest absolute Gasteiger partial charge is 0.254 e. The molecule has 3 aromatic heterocycles. The molecule has 8 nitrogen and oxygen atoms in total. The number of H-pyrrole nitrogens is 1. The molecular formula is C29H25N5O3. The second kappa shape index (κ2) is 9.39. The molecule has 1 atom stereocenters. The summed E-state index contributed by atoms with van der Waals surface area (Å²) in [4.78, 5) is 32.1. The van der Waals surface area contributed by atoms with E-state index in [4.69, 9.17) is 9.72 Å². The highest BCUT2D eigenvalue weighted by Gasteiger charge is 2.31. The van der Waals surface area contributed by atoms with Crippen molar-refractivity contribution in [2.45, 2.75) is 18.9 Å². The summed E-state index contributed by atoms with van der Waals surface area (Å²) in [5.41, 5.74) is 5.11. The van der Waals surface area contributed by atoms with E-state index in [2.05, 4.69) is 15.0 Å². The maximum absolute atomic E-state index is 13.5. The van der Waals surface area contributed by atoms with Crippen LogP contribution in [0.4, 0.5) is 0 Å². The van der Waals surface area contributed by atoms with Crippen molar-refractivity contribution in [1.29, 1.82) is 0 Å². The minimum atomic E-state index is -0.0341. The molecule has 1 aliphatic heterocycles. The summed E-state index contributed by atoms with van der Waals surface area (Å²) in [7, 11) is 1.58. The first-order chi connectivity index (χ1) is 18.1. The summed E-state index contributed by atoms with van der Waals surface area (Å²) in [6, 6.07) is 20.3. The van der Waals surface area contributed by atoms with E-state index >= 15 is 0 Å². The Kier molecular flexibility index (Phi) is 5.76. The largest absolute Gasteiger partial charge is 0.507 e. The summed E-state index contributed by atoms with van der Waals surface area (Å²) in [6.45, 7) is 0.697. The van der Waals surface area contributed by atoms with Gasteiger partial charge in [-0.1, -0.05) is 12.1 Å². The first kappa shape index (κ1) is 22.7. The number of amides is 1. The molecule has 1 amide bonds. The Hall–Kier alpha value is -4.72. The maximum Gasteiger partial charge on any atom is 0.254 e. The first-order valence-electron chi connectivity index (χ1n) is 12.2. The van der Waals surface area contributed by atoms with Crippen LogP contribution in [0, 0.1) is 0 Å². The zero-order valence-electron chi connectivity index (χ0n) is 20.3. The van der Waals surface area contributed by atoms with Gasteiger partial charge in [-0.05, 0) is 73.0 Å². The zero-order valence-corrected chi connectivity index (χ0v) is 20.3. The lowest BCUT2D eigenvalue weighted by Crippen LogP contribution is -2.30. The Morgan fingerprint density at radius 1 is 1.03 bits per heavy atom. The molecule has 0 saturated carbocycles. The number of fused-ring (bicyclic) bond motifs is 1. The quantitative estimate of drug-likeness (QED) is 0.342. The van der Waals surface area contributed by atoms with E-state index < -0.39 is 0 Å². The summed E-state index contributed by atoms with van der Waals surface area (Å²) in [5.74, 6) is 1.07. The second-order valence-corrected chi connectivity index (χ2v) is 9.02. The number of hydrogen-bond donors (Lipinski definition) is 2. The molecule has 8 heteroatoms. The van der Waals surface area contributed by atoms with Crippen LogP contribution in [0.25, 0.3) is 33.5 Å². The van der Waals surface area contributed by atoms with Crippen molar-refractivity contribution in [1.82, 2.24) is 24.8 Å². The van der Waals surface area contributed by atoms with E-state index in [0.29, 0.717) is 34.9 Å². The highest BCUT2D eigenvalue weighted by molar-refractivity contribution is 5.98. The standard InChI is InChI=1S/C29H25N5O3/c1-37-28-20(6-4-14-31-28)18-10-12-26(35)21(16-18)27-32-22-11-9-19(17-24(22)33-27)29(36)34-15-5-8-25(34)23-7-2-3-13-30-23/h2-4,6-7,9-14,16-17,25,35H,5,8,15H2,1H3,(H,32,33). The fourth-order valence-corrected chi connectivity index (χ4v) is 4.99. The predicted molar refractivity (Wildman–Crippen MR) is 140 cm³/mol. The van der Waals surface area contributed by atoms with E-state index in [0.717, 1.165) is 35.2 Å². The molecule has 1 saturated heterocycles. The second-order valence-electron chi connectivity index (χ2n) is 9.02. The number of benzene rings is 2. The van der Waals surface area contributed by atoms with E-state index in [9.17, 15) is 9.90 Å². The Bertz CT molecular complexity index is 1600. The van der Waals surface area contributed by atoms with Crippen LogP contribution in [0.5, 0.6) is 11.6 Å². The lowest BCUT2D eigenvalue weighted by atomic mass is 10.0. The molecule has 2 aromatic carbocycles. The van der Waals surface area contributed by atoms with Crippen LogP contribution in [-0.4, -0.2) is 49.5 Å². The molecule has 2 N–H and O–H groups in total. The third kappa shape index (κ3) is 4.16. The van der Waals surface area contributed by atoms with Gasteiger partial charge in [0.25, 0.3) is 5.91 Å². The number of likely N-dealkylation sites (tertiary alicyclic amines) is 1. The molecule has 0 radical (unpaired) electrons.